The van der Waals surface area contributed by atoms with Gasteiger partial charge in [-0.05, 0) is 32.9 Å². The molecule has 10 heteroatoms. The van der Waals surface area contributed by atoms with E-state index in [0.717, 1.165) is 32.8 Å². The number of hydrogen-bond acceptors (Lipinski definition) is 4. The Hall–Kier alpha value is -0.330. The summed E-state index contributed by atoms with van der Waals surface area (Å²) >= 11 is 0. The van der Waals surface area contributed by atoms with Gasteiger partial charge in [0, 0.05) is 32.7 Å². The number of rotatable bonds is 10. The van der Waals surface area contributed by atoms with Gasteiger partial charge >= 0.3 is 6.18 Å². The summed E-state index contributed by atoms with van der Waals surface area (Å²) in [4.78, 5) is 8.27. The van der Waals surface area contributed by atoms with Crippen LogP contribution in [0.1, 0.15) is 27.2 Å². The van der Waals surface area contributed by atoms with Crippen molar-refractivity contribution < 1.29 is 17.9 Å². The minimum absolute atomic E-state index is 0. The van der Waals surface area contributed by atoms with Gasteiger partial charge in [0.2, 0.25) is 0 Å². The van der Waals surface area contributed by atoms with Crippen LogP contribution in [0.25, 0.3) is 0 Å². The molecule has 0 saturated carbocycles. The number of morpholine rings is 1. The molecular weight excluding hydrogens is 486 g/mol. The quantitative estimate of drug-likeness (QED) is 0.200. The highest BCUT2D eigenvalue weighted by Crippen LogP contribution is 2.15. The SMILES string of the molecule is CCNC(=NCC1CN(CC(C)C)CCO1)NCCCN(C)CC(F)(F)F.I. The summed E-state index contributed by atoms with van der Waals surface area (Å²) in [6.45, 7) is 11.4. The predicted octanol–water partition coefficient (Wildman–Crippen LogP) is 2.40. The summed E-state index contributed by atoms with van der Waals surface area (Å²) in [5, 5.41) is 6.35. The highest BCUT2D eigenvalue weighted by molar-refractivity contribution is 14.0. The molecule has 168 valence electrons. The molecule has 1 aliphatic rings. The first-order valence-corrected chi connectivity index (χ1v) is 9.81. The minimum Gasteiger partial charge on any atom is -0.374 e. The van der Waals surface area contributed by atoms with Crippen LogP contribution < -0.4 is 10.6 Å². The molecule has 0 radical (unpaired) electrons. The highest BCUT2D eigenvalue weighted by Gasteiger charge is 2.28. The van der Waals surface area contributed by atoms with Crippen LogP contribution in [0.2, 0.25) is 0 Å². The van der Waals surface area contributed by atoms with Crippen molar-refractivity contribution in [1.29, 1.82) is 0 Å². The van der Waals surface area contributed by atoms with Crippen LogP contribution in [-0.4, -0.2) is 94.1 Å². The van der Waals surface area contributed by atoms with E-state index >= 15 is 0 Å². The standard InChI is InChI=1S/C18H36F3N5O.HI/c1-5-22-17(23-7-6-8-25(4)14-18(19,20)21)24-11-16-13-26(9-10-27-16)12-15(2)3;/h15-16H,5-14H2,1-4H3,(H2,22,23,24);1H. The Kier molecular flexibility index (Phi) is 14.4. The van der Waals surface area contributed by atoms with Crippen molar-refractivity contribution in [2.75, 3.05) is 66.0 Å². The smallest absolute Gasteiger partial charge is 0.374 e. The molecule has 2 N–H and O–H groups in total. The minimum atomic E-state index is -4.15. The van der Waals surface area contributed by atoms with Crippen LogP contribution in [0.3, 0.4) is 0 Å². The van der Waals surface area contributed by atoms with E-state index in [9.17, 15) is 13.2 Å². The zero-order valence-corrected chi connectivity index (χ0v) is 19.8. The number of ether oxygens (including phenoxy) is 1. The van der Waals surface area contributed by atoms with Crippen LogP contribution in [0.4, 0.5) is 13.2 Å². The molecule has 0 aromatic carbocycles. The Morgan fingerprint density at radius 2 is 2.04 bits per heavy atom. The second-order valence-corrected chi connectivity index (χ2v) is 7.50. The molecule has 0 spiro atoms. The van der Waals surface area contributed by atoms with E-state index in [-0.39, 0.29) is 30.1 Å². The molecule has 0 bridgehead atoms. The molecule has 1 saturated heterocycles. The molecule has 0 amide bonds. The second-order valence-electron chi connectivity index (χ2n) is 7.50. The van der Waals surface area contributed by atoms with E-state index < -0.39 is 12.7 Å². The van der Waals surface area contributed by atoms with Crippen molar-refractivity contribution in [1.82, 2.24) is 20.4 Å². The summed E-state index contributed by atoms with van der Waals surface area (Å²) < 4.78 is 42.8. The molecule has 0 aromatic rings. The summed E-state index contributed by atoms with van der Waals surface area (Å²) in [6, 6.07) is 0. The summed E-state index contributed by atoms with van der Waals surface area (Å²) in [6.07, 6.45) is -3.47. The lowest BCUT2D eigenvalue weighted by Crippen LogP contribution is -2.46. The third kappa shape index (κ3) is 13.8. The maximum atomic E-state index is 12.3. The molecule has 1 rings (SSSR count). The monoisotopic (exact) mass is 523 g/mol. The summed E-state index contributed by atoms with van der Waals surface area (Å²) in [5.41, 5.74) is 0. The van der Waals surface area contributed by atoms with Crippen LogP contribution in [0, 0.1) is 5.92 Å². The zero-order chi connectivity index (χ0) is 20.3. The number of halogens is 4. The maximum Gasteiger partial charge on any atom is 0.401 e. The van der Waals surface area contributed by atoms with Crippen molar-refractivity contribution >= 4 is 29.9 Å². The highest BCUT2D eigenvalue weighted by atomic mass is 127. The van der Waals surface area contributed by atoms with Crippen LogP contribution in [0.5, 0.6) is 0 Å². The van der Waals surface area contributed by atoms with Gasteiger partial charge in [-0.1, -0.05) is 13.8 Å². The molecule has 1 aliphatic heterocycles. The Labute approximate surface area is 184 Å². The lowest BCUT2D eigenvalue weighted by Gasteiger charge is -2.33. The van der Waals surface area contributed by atoms with E-state index in [2.05, 4.69) is 34.4 Å². The normalized spacial score (nSPS) is 19.0. The van der Waals surface area contributed by atoms with Gasteiger partial charge in [-0.25, -0.2) is 0 Å². The average Bonchev–Trinajstić information content (AvgIpc) is 2.54. The lowest BCUT2D eigenvalue weighted by atomic mass is 10.2. The fourth-order valence-corrected chi connectivity index (χ4v) is 3.05. The Morgan fingerprint density at radius 3 is 2.64 bits per heavy atom. The topological polar surface area (TPSA) is 52.1 Å². The predicted molar refractivity (Wildman–Crippen MR) is 119 cm³/mol. The number of alkyl halides is 3. The summed E-state index contributed by atoms with van der Waals surface area (Å²) in [5.74, 6) is 1.31. The lowest BCUT2D eigenvalue weighted by molar-refractivity contribution is -0.143. The molecule has 1 atom stereocenters. The first-order chi connectivity index (χ1) is 12.7. The van der Waals surface area contributed by atoms with Gasteiger partial charge < -0.3 is 15.4 Å². The first-order valence-electron chi connectivity index (χ1n) is 9.81. The first kappa shape index (κ1) is 27.7. The molecule has 1 fully saturated rings. The van der Waals surface area contributed by atoms with Crippen LogP contribution in [-0.2, 0) is 4.74 Å². The number of guanidine groups is 1. The van der Waals surface area contributed by atoms with Crippen molar-refractivity contribution in [3.63, 3.8) is 0 Å². The molecule has 1 unspecified atom stereocenters. The molecule has 6 nitrogen and oxygen atoms in total. The Balaban J connectivity index is 0.00000729. The van der Waals surface area contributed by atoms with Crippen LogP contribution in [0.15, 0.2) is 4.99 Å². The van der Waals surface area contributed by atoms with Crippen molar-refractivity contribution in [2.24, 2.45) is 10.9 Å². The fourth-order valence-electron chi connectivity index (χ4n) is 3.05. The van der Waals surface area contributed by atoms with Gasteiger partial charge in [0.05, 0.1) is 25.8 Å². The third-order valence-electron chi connectivity index (χ3n) is 4.10. The van der Waals surface area contributed by atoms with Crippen molar-refractivity contribution in [3.05, 3.63) is 0 Å². The van der Waals surface area contributed by atoms with Gasteiger partial charge in [-0.3, -0.25) is 14.8 Å². The molecular formula is C18H37F3IN5O. The van der Waals surface area contributed by atoms with Gasteiger partial charge in [0.25, 0.3) is 0 Å². The van der Waals surface area contributed by atoms with E-state index in [4.69, 9.17) is 4.74 Å². The number of hydrogen-bond donors (Lipinski definition) is 2. The molecule has 28 heavy (non-hydrogen) atoms. The summed E-state index contributed by atoms with van der Waals surface area (Å²) in [7, 11) is 1.48. The largest absolute Gasteiger partial charge is 0.401 e. The second kappa shape index (κ2) is 14.6. The van der Waals surface area contributed by atoms with Gasteiger partial charge in [-0.15, -0.1) is 24.0 Å². The van der Waals surface area contributed by atoms with Crippen molar-refractivity contribution in [2.45, 2.75) is 39.5 Å². The molecule has 0 aromatic heterocycles. The van der Waals surface area contributed by atoms with Crippen LogP contribution >= 0.6 is 24.0 Å². The van der Waals surface area contributed by atoms with Gasteiger partial charge in [-0.2, -0.15) is 13.2 Å². The molecule has 0 aliphatic carbocycles. The van der Waals surface area contributed by atoms with Gasteiger partial charge in [0.15, 0.2) is 5.96 Å². The van der Waals surface area contributed by atoms with E-state index in [1.165, 1.54) is 11.9 Å². The van der Waals surface area contributed by atoms with Gasteiger partial charge in [0.1, 0.15) is 0 Å². The third-order valence-corrected chi connectivity index (χ3v) is 4.10. The zero-order valence-electron chi connectivity index (χ0n) is 17.5. The Morgan fingerprint density at radius 1 is 1.32 bits per heavy atom. The van der Waals surface area contributed by atoms with Crippen molar-refractivity contribution in [3.8, 4) is 0 Å². The fraction of sp³-hybridized carbons (Fsp3) is 0.944. The average molecular weight is 523 g/mol. The van der Waals surface area contributed by atoms with E-state index in [1.807, 2.05) is 6.92 Å². The molecule has 1 heterocycles. The van der Waals surface area contributed by atoms with E-state index in [0.29, 0.717) is 37.9 Å². The number of aliphatic imine (C=N–C) groups is 1. The Bertz CT molecular complexity index is 438. The number of nitrogens with zero attached hydrogens (tertiary/aromatic N) is 3. The maximum absolute atomic E-state index is 12.3. The number of nitrogens with one attached hydrogen (secondary N) is 2. The van der Waals surface area contributed by atoms with E-state index in [1.54, 1.807) is 0 Å².